The van der Waals surface area contributed by atoms with Crippen LogP contribution in [-0.2, 0) is 5.41 Å². The lowest BCUT2D eigenvalue weighted by atomic mass is 9.74. The number of hydrogen-bond donors (Lipinski definition) is 0. The molecule has 0 saturated heterocycles. The van der Waals surface area contributed by atoms with Gasteiger partial charge in [-0.25, -0.2) is 4.58 Å². The van der Waals surface area contributed by atoms with E-state index in [0.717, 1.165) is 6.04 Å². The summed E-state index contributed by atoms with van der Waals surface area (Å²) >= 11 is 0. The summed E-state index contributed by atoms with van der Waals surface area (Å²) in [7, 11) is 2.26. The molecule has 1 aromatic carbocycles. The van der Waals surface area contributed by atoms with Gasteiger partial charge in [0.15, 0.2) is 6.04 Å². The molecule has 1 aliphatic carbocycles. The standard InChI is InChI=1S/C15H20N/c1-16-12-15(13-6-3-2-4-7-13)10-5-8-14(16)9-11-15/h2-4,6-7,12,14H,5,8-11H2,1H3/q+1. The Morgan fingerprint density at radius 1 is 1.12 bits per heavy atom. The molecule has 0 aromatic heterocycles. The Morgan fingerprint density at radius 2 is 1.94 bits per heavy atom. The van der Waals surface area contributed by atoms with Crippen LogP contribution in [0, 0.1) is 0 Å². The number of benzene rings is 1. The zero-order valence-electron chi connectivity index (χ0n) is 10.0. The Morgan fingerprint density at radius 3 is 2.69 bits per heavy atom. The summed E-state index contributed by atoms with van der Waals surface area (Å²) in [5.74, 6) is 0. The van der Waals surface area contributed by atoms with Crippen molar-refractivity contribution in [2.75, 3.05) is 7.05 Å². The van der Waals surface area contributed by atoms with Crippen molar-refractivity contribution in [3.05, 3.63) is 35.9 Å². The SMILES string of the molecule is C[N+]1=CC2(c3ccccc3)CCCC1CC2. The molecular weight excluding hydrogens is 194 g/mol. The molecule has 2 aliphatic heterocycles. The molecule has 2 unspecified atom stereocenters. The summed E-state index contributed by atoms with van der Waals surface area (Å²) in [5.41, 5.74) is 1.85. The van der Waals surface area contributed by atoms with E-state index in [2.05, 4.69) is 48.2 Å². The Balaban J connectivity index is 2.07. The second kappa shape index (κ2) is 3.73. The number of fused-ring (bicyclic) bond motifs is 3. The van der Waals surface area contributed by atoms with E-state index in [-0.39, 0.29) is 0 Å². The summed E-state index contributed by atoms with van der Waals surface area (Å²) in [4.78, 5) is 0. The van der Waals surface area contributed by atoms with Gasteiger partial charge in [-0.15, -0.1) is 0 Å². The van der Waals surface area contributed by atoms with Gasteiger partial charge < -0.3 is 0 Å². The molecule has 1 saturated carbocycles. The highest BCUT2D eigenvalue weighted by atomic mass is 15.0. The first kappa shape index (κ1) is 10.1. The van der Waals surface area contributed by atoms with Gasteiger partial charge in [0, 0.05) is 12.8 Å². The van der Waals surface area contributed by atoms with Crippen molar-refractivity contribution in [3.8, 4) is 0 Å². The fourth-order valence-electron chi connectivity index (χ4n) is 3.51. The molecule has 2 atom stereocenters. The van der Waals surface area contributed by atoms with Crippen LogP contribution in [0.3, 0.4) is 0 Å². The van der Waals surface area contributed by atoms with Crippen LogP contribution in [0.15, 0.2) is 30.3 Å². The van der Waals surface area contributed by atoms with Gasteiger partial charge in [0.25, 0.3) is 0 Å². The predicted molar refractivity (Wildman–Crippen MR) is 67.2 cm³/mol. The largest absolute Gasteiger partial charge is 0.239 e. The molecule has 2 bridgehead atoms. The summed E-state index contributed by atoms with van der Waals surface area (Å²) in [6.07, 6.45) is 9.29. The lowest BCUT2D eigenvalue weighted by molar-refractivity contribution is -0.541. The average Bonchev–Trinajstić information content (AvgIpc) is 2.62. The monoisotopic (exact) mass is 214 g/mol. The molecule has 0 N–H and O–H groups in total. The molecule has 16 heavy (non-hydrogen) atoms. The van der Waals surface area contributed by atoms with E-state index < -0.39 is 0 Å². The van der Waals surface area contributed by atoms with E-state index in [0.29, 0.717) is 5.41 Å². The molecule has 1 aromatic rings. The van der Waals surface area contributed by atoms with Crippen molar-refractivity contribution < 1.29 is 4.58 Å². The highest BCUT2D eigenvalue weighted by Crippen LogP contribution is 2.40. The van der Waals surface area contributed by atoms with Crippen molar-refractivity contribution in [3.63, 3.8) is 0 Å². The average molecular weight is 214 g/mol. The van der Waals surface area contributed by atoms with Crippen LogP contribution >= 0.6 is 0 Å². The van der Waals surface area contributed by atoms with Crippen LogP contribution in [0.1, 0.15) is 37.7 Å². The lowest BCUT2D eigenvalue weighted by Crippen LogP contribution is -2.38. The predicted octanol–water partition coefficient (Wildman–Crippen LogP) is 2.98. The van der Waals surface area contributed by atoms with Gasteiger partial charge in [0.05, 0.1) is 5.41 Å². The molecule has 0 spiro atoms. The van der Waals surface area contributed by atoms with Crippen LogP contribution < -0.4 is 0 Å². The van der Waals surface area contributed by atoms with Crippen LogP contribution in [-0.4, -0.2) is 23.9 Å². The highest BCUT2D eigenvalue weighted by Gasteiger charge is 2.42. The lowest BCUT2D eigenvalue weighted by Gasteiger charge is -2.30. The Kier molecular flexibility index (Phi) is 2.34. The fourth-order valence-corrected chi connectivity index (χ4v) is 3.51. The minimum atomic E-state index is 0.336. The van der Waals surface area contributed by atoms with Gasteiger partial charge >= 0.3 is 0 Å². The maximum atomic E-state index is 2.50. The molecule has 84 valence electrons. The zero-order chi connectivity index (χ0) is 11.0. The van der Waals surface area contributed by atoms with Crippen molar-refractivity contribution in [2.45, 2.75) is 43.6 Å². The van der Waals surface area contributed by atoms with E-state index in [1.165, 1.54) is 37.7 Å². The van der Waals surface area contributed by atoms with Gasteiger partial charge in [0.1, 0.15) is 13.3 Å². The minimum Gasteiger partial charge on any atom is -0.239 e. The molecule has 0 amide bonds. The van der Waals surface area contributed by atoms with Crippen molar-refractivity contribution in [1.82, 2.24) is 0 Å². The van der Waals surface area contributed by atoms with Gasteiger partial charge in [-0.2, -0.15) is 0 Å². The van der Waals surface area contributed by atoms with Gasteiger partial charge in [-0.3, -0.25) is 0 Å². The first-order chi connectivity index (χ1) is 7.80. The van der Waals surface area contributed by atoms with E-state index in [1.54, 1.807) is 0 Å². The van der Waals surface area contributed by atoms with Crippen LogP contribution in [0.25, 0.3) is 0 Å². The normalized spacial score (nSPS) is 33.3. The number of rotatable bonds is 1. The summed E-state index contributed by atoms with van der Waals surface area (Å²) in [5, 5.41) is 0. The number of nitrogens with zero attached hydrogens (tertiary/aromatic N) is 1. The second-order valence-corrected chi connectivity index (χ2v) is 5.40. The van der Waals surface area contributed by atoms with Crippen molar-refractivity contribution >= 4 is 6.21 Å². The quantitative estimate of drug-likeness (QED) is 0.632. The van der Waals surface area contributed by atoms with E-state index >= 15 is 0 Å². The molecule has 2 heterocycles. The first-order valence-corrected chi connectivity index (χ1v) is 6.44. The van der Waals surface area contributed by atoms with E-state index in [9.17, 15) is 0 Å². The topological polar surface area (TPSA) is 3.01 Å². The number of hydrogen-bond acceptors (Lipinski definition) is 0. The van der Waals surface area contributed by atoms with Crippen molar-refractivity contribution in [1.29, 1.82) is 0 Å². The molecule has 1 nitrogen and oxygen atoms in total. The maximum absolute atomic E-state index is 2.50. The van der Waals surface area contributed by atoms with Crippen LogP contribution in [0.4, 0.5) is 0 Å². The van der Waals surface area contributed by atoms with Gasteiger partial charge in [-0.05, 0) is 24.8 Å². The minimum absolute atomic E-state index is 0.336. The Labute approximate surface area is 97.8 Å². The Bertz CT molecular complexity index is 403. The summed E-state index contributed by atoms with van der Waals surface area (Å²) < 4.78 is 2.48. The summed E-state index contributed by atoms with van der Waals surface area (Å²) in [6.45, 7) is 0. The molecule has 0 radical (unpaired) electrons. The van der Waals surface area contributed by atoms with Crippen molar-refractivity contribution in [2.24, 2.45) is 0 Å². The fraction of sp³-hybridized carbons (Fsp3) is 0.533. The van der Waals surface area contributed by atoms with Gasteiger partial charge in [-0.1, -0.05) is 30.3 Å². The summed E-state index contributed by atoms with van der Waals surface area (Å²) in [6, 6.07) is 11.9. The third-order valence-electron chi connectivity index (χ3n) is 4.46. The Hall–Kier alpha value is -1.11. The molecular formula is C15H20N+. The van der Waals surface area contributed by atoms with Gasteiger partial charge in [0.2, 0.25) is 0 Å². The maximum Gasteiger partial charge on any atom is 0.152 e. The van der Waals surface area contributed by atoms with E-state index in [4.69, 9.17) is 0 Å². The molecule has 4 rings (SSSR count). The highest BCUT2D eigenvalue weighted by molar-refractivity contribution is 5.70. The zero-order valence-corrected chi connectivity index (χ0v) is 10.0. The molecule has 3 aliphatic rings. The van der Waals surface area contributed by atoms with Crippen LogP contribution in [0.2, 0.25) is 0 Å². The van der Waals surface area contributed by atoms with Crippen LogP contribution in [0.5, 0.6) is 0 Å². The molecule has 1 fully saturated rings. The first-order valence-electron chi connectivity index (χ1n) is 6.44. The smallest absolute Gasteiger partial charge is 0.152 e. The second-order valence-electron chi connectivity index (χ2n) is 5.40. The van der Waals surface area contributed by atoms with E-state index in [1.807, 2.05) is 0 Å². The third kappa shape index (κ3) is 1.50. The molecule has 1 heteroatoms. The third-order valence-corrected chi connectivity index (χ3v) is 4.46.